The van der Waals surface area contributed by atoms with Crippen molar-refractivity contribution >= 4 is 11.9 Å². The molecule has 0 unspecified atom stereocenters. The van der Waals surface area contributed by atoms with Crippen molar-refractivity contribution in [2.24, 2.45) is 0 Å². The monoisotopic (exact) mass is 362 g/mol. The Morgan fingerprint density at radius 3 is 2.12 bits per heavy atom. The fourth-order valence-electron chi connectivity index (χ4n) is 2.55. The maximum atomic E-state index is 11.7. The van der Waals surface area contributed by atoms with Gasteiger partial charge in [-0.25, -0.2) is 9.59 Å². The molecule has 26 heavy (non-hydrogen) atoms. The van der Waals surface area contributed by atoms with Crippen molar-refractivity contribution in [2.45, 2.75) is 51.4 Å². The molecule has 0 radical (unpaired) electrons. The van der Waals surface area contributed by atoms with Gasteiger partial charge in [-0.2, -0.15) is 0 Å². The van der Waals surface area contributed by atoms with Gasteiger partial charge >= 0.3 is 11.9 Å². The van der Waals surface area contributed by atoms with E-state index in [4.69, 9.17) is 14.2 Å². The largest absolute Gasteiger partial charge is 0.493 e. The molecule has 0 fully saturated rings. The highest BCUT2D eigenvalue weighted by molar-refractivity contribution is 5.92. The number of hydrogen-bond acceptors (Lipinski definition) is 5. The standard InChI is InChI=1S/C21H30O5/c1-3-20(22)26-17-13-9-7-5-4-6-8-12-16-25-19-15-11-10-14-18(19)21(23)24-2/h3,10-11,14-15H,1,4-9,12-13,16-17H2,2H3. The number of ether oxygens (including phenoxy) is 3. The number of benzene rings is 1. The summed E-state index contributed by atoms with van der Waals surface area (Å²) in [7, 11) is 1.37. The topological polar surface area (TPSA) is 61.8 Å². The lowest BCUT2D eigenvalue weighted by Gasteiger charge is -2.10. The van der Waals surface area contributed by atoms with E-state index in [0.29, 0.717) is 24.5 Å². The predicted molar refractivity (Wildman–Crippen MR) is 101 cm³/mol. The van der Waals surface area contributed by atoms with Gasteiger partial charge < -0.3 is 14.2 Å². The lowest BCUT2D eigenvalue weighted by atomic mass is 10.1. The van der Waals surface area contributed by atoms with Crippen molar-refractivity contribution in [1.29, 1.82) is 0 Å². The van der Waals surface area contributed by atoms with E-state index >= 15 is 0 Å². The lowest BCUT2D eigenvalue weighted by Crippen LogP contribution is -2.06. The Bertz CT molecular complexity index is 553. The Morgan fingerprint density at radius 1 is 0.923 bits per heavy atom. The van der Waals surface area contributed by atoms with Gasteiger partial charge in [0.25, 0.3) is 0 Å². The molecule has 0 aromatic heterocycles. The normalized spacial score (nSPS) is 10.2. The molecule has 0 saturated carbocycles. The second-order valence-electron chi connectivity index (χ2n) is 6.04. The maximum Gasteiger partial charge on any atom is 0.341 e. The number of rotatable bonds is 14. The van der Waals surface area contributed by atoms with Gasteiger partial charge in [0, 0.05) is 6.08 Å². The minimum atomic E-state index is -0.375. The van der Waals surface area contributed by atoms with Crippen LogP contribution in [0.25, 0.3) is 0 Å². The third-order valence-corrected chi connectivity index (χ3v) is 4.00. The van der Waals surface area contributed by atoms with Crippen LogP contribution < -0.4 is 4.74 Å². The Morgan fingerprint density at radius 2 is 1.50 bits per heavy atom. The fourth-order valence-corrected chi connectivity index (χ4v) is 2.55. The Labute approximate surface area is 156 Å². The van der Waals surface area contributed by atoms with Crippen molar-refractivity contribution in [3.8, 4) is 5.75 Å². The summed E-state index contributed by atoms with van der Waals surface area (Å²) in [6.07, 6.45) is 9.99. The molecule has 144 valence electrons. The molecule has 0 aliphatic carbocycles. The molecule has 1 aromatic carbocycles. The summed E-state index contributed by atoms with van der Waals surface area (Å²) in [4.78, 5) is 22.5. The quantitative estimate of drug-likeness (QED) is 0.273. The summed E-state index contributed by atoms with van der Waals surface area (Å²) in [5.74, 6) is -0.141. The van der Waals surface area contributed by atoms with Gasteiger partial charge in [-0.15, -0.1) is 0 Å². The first-order chi connectivity index (χ1) is 12.7. The van der Waals surface area contributed by atoms with E-state index in [1.165, 1.54) is 32.4 Å². The molecular formula is C21H30O5. The second kappa shape index (κ2) is 13.9. The third kappa shape index (κ3) is 9.25. The molecule has 0 aliphatic heterocycles. The number of methoxy groups -OCH3 is 1. The SMILES string of the molecule is C=CC(=O)OCCCCCCCCCCOc1ccccc1C(=O)OC. The van der Waals surface area contributed by atoms with Crippen molar-refractivity contribution in [1.82, 2.24) is 0 Å². The highest BCUT2D eigenvalue weighted by atomic mass is 16.5. The lowest BCUT2D eigenvalue weighted by molar-refractivity contribution is -0.137. The second-order valence-corrected chi connectivity index (χ2v) is 6.04. The van der Waals surface area contributed by atoms with Crippen LogP contribution in [0.5, 0.6) is 5.75 Å². The summed E-state index contributed by atoms with van der Waals surface area (Å²) in [5, 5.41) is 0. The van der Waals surface area contributed by atoms with Crippen LogP contribution in [-0.2, 0) is 14.3 Å². The van der Waals surface area contributed by atoms with Crippen LogP contribution in [0.2, 0.25) is 0 Å². The summed E-state index contributed by atoms with van der Waals surface area (Å²) in [5.41, 5.74) is 0.466. The van der Waals surface area contributed by atoms with Crippen LogP contribution in [0.15, 0.2) is 36.9 Å². The van der Waals surface area contributed by atoms with E-state index in [0.717, 1.165) is 32.1 Å². The maximum absolute atomic E-state index is 11.7. The van der Waals surface area contributed by atoms with Gasteiger partial charge in [-0.05, 0) is 25.0 Å². The molecular weight excluding hydrogens is 332 g/mol. The van der Waals surface area contributed by atoms with E-state index in [-0.39, 0.29) is 11.9 Å². The number of hydrogen-bond donors (Lipinski definition) is 0. The first-order valence-corrected chi connectivity index (χ1v) is 9.28. The highest BCUT2D eigenvalue weighted by Gasteiger charge is 2.11. The van der Waals surface area contributed by atoms with Gasteiger partial charge in [0.15, 0.2) is 0 Å². The number of carbonyl (C=O) groups is 2. The molecule has 0 heterocycles. The zero-order valence-corrected chi connectivity index (χ0v) is 15.7. The molecule has 0 atom stereocenters. The van der Waals surface area contributed by atoms with Crippen molar-refractivity contribution in [2.75, 3.05) is 20.3 Å². The Hall–Kier alpha value is -2.30. The summed E-state index contributed by atoms with van der Waals surface area (Å²) < 4.78 is 15.4. The van der Waals surface area contributed by atoms with Gasteiger partial charge in [0.2, 0.25) is 0 Å². The van der Waals surface area contributed by atoms with Crippen LogP contribution in [0.4, 0.5) is 0 Å². The summed E-state index contributed by atoms with van der Waals surface area (Å²) in [6.45, 7) is 4.44. The molecule has 0 N–H and O–H groups in total. The molecule has 1 aromatic rings. The average Bonchev–Trinajstić information content (AvgIpc) is 2.68. The van der Waals surface area contributed by atoms with E-state index in [1.807, 2.05) is 6.07 Å². The first kappa shape index (κ1) is 21.7. The van der Waals surface area contributed by atoms with Crippen LogP contribution in [-0.4, -0.2) is 32.3 Å². The minimum Gasteiger partial charge on any atom is -0.493 e. The zero-order chi connectivity index (χ0) is 19.0. The van der Waals surface area contributed by atoms with Crippen LogP contribution in [0.3, 0.4) is 0 Å². The molecule has 5 heteroatoms. The average molecular weight is 362 g/mol. The van der Waals surface area contributed by atoms with E-state index in [1.54, 1.807) is 18.2 Å². The van der Waals surface area contributed by atoms with E-state index in [2.05, 4.69) is 6.58 Å². The molecule has 0 aliphatic rings. The summed E-state index contributed by atoms with van der Waals surface area (Å²) >= 11 is 0. The van der Waals surface area contributed by atoms with Crippen LogP contribution in [0.1, 0.15) is 61.7 Å². The fraction of sp³-hybridized carbons (Fsp3) is 0.524. The molecule has 0 spiro atoms. The Balaban J connectivity index is 1.99. The Kier molecular flexibility index (Phi) is 11.6. The number of unbranched alkanes of at least 4 members (excludes halogenated alkanes) is 7. The van der Waals surface area contributed by atoms with Gasteiger partial charge in [-0.1, -0.05) is 57.2 Å². The van der Waals surface area contributed by atoms with Crippen molar-refractivity contribution in [3.63, 3.8) is 0 Å². The van der Waals surface area contributed by atoms with Crippen molar-refractivity contribution < 1.29 is 23.8 Å². The molecule has 5 nitrogen and oxygen atoms in total. The third-order valence-electron chi connectivity index (χ3n) is 4.00. The molecule has 0 saturated heterocycles. The highest BCUT2D eigenvalue weighted by Crippen LogP contribution is 2.19. The van der Waals surface area contributed by atoms with Gasteiger partial charge in [0.1, 0.15) is 11.3 Å². The van der Waals surface area contributed by atoms with E-state index in [9.17, 15) is 9.59 Å². The van der Waals surface area contributed by atoms with Crippen LogP contribution >= 0.6 is 0 Å². The minimum absolute atomic E-state index is 0.346. The smallest absolute Gasteiger partial charge is 0.341 e. The predicted octanol–water partition coefficient (Wildman–Crippen LogP) is 4.70. The first-order valence-electron chi connectivity index (χ1n) is 9.28. The number of esters is 2. The number of carbonyl (C=O) groups excluding carboxylic acids is 2. The van der Waals surface area contributed by atoms with E-state index < -0.39 is 0 Å². The molecule has 0 bridgehead atoms. The van der Waals surface area contributed by atoms with Gasteiger partial charge in [0.05, 0.1) is 20.3 Å². The van der Waals surface area contributed by atoms with Crippen molar-refractivity contribution in [3.05, 3.63) is 42.5 Å². The zero-order valence-electron chi connectivity index (χ0n) is 15.7. The molecule has 0 amide bonds. The van der Waals surface area contributed by atoms with Gasteiger partial charge in [-0.3, -0.25) is 0 Å². The number of para-hydroxylation sites is 1. The molecule has 1 rings (SSSR count). The van der Waals surface area contributed by atoms with Crippen LogP contribution in [0, 0.1) is 0 Å². The summed E-state index contributed by atoms with van der Waals surface area (Å²) in [6, 6.07) is 7.14.